The number of nitrogen functional groups attached to an aromatic ring is 1. The van der Waals surface area contributed by atoms with E-state index in [4.69, 9.17) is 10.2 Å². The molecule has 4 heterocycles. The molecule has 0 aliphatic carbocycles. The zero-order valence-electron chi connectivity index (χ0n) is 17.2. The maximum atomic E-state index is 6.04. The molecule has 0 amide bonds. The summed E-state index contributed by atoms with van der Waals surface area (Å²) < 4.78 is 6.75. The van der Waals surface area contributed by atoms with Crippen molar-refractivity contribution in [2.75, 3.05) is 29.1 Å². The van der Waals surface area contributed by atoms with Crippen LogP contribution < -0.4 is 11.1 Å². The smallest absolute Gasteiger partial charge is 0.259 e. The van der Waals surface area contributed by atoms with Crippen LogP contribution in [-0.4, -0.2) is 42.6 Å². The first-order chi connectivity index (χ1) is 15.2. The minimum atomic E-state index is 0.225. The largest absolute Gasteiger partial charge is 0.461 e. The first-order valence-electron chi connectivity index (χ1n) is 10.6. The molecule has 4 aromatic rings. The molecule has 9 heteroatoms. The normalized spacial score (nSPS) is 14.8. The van der Waals surface area contributed by atoms with Gasteiger partial charge in [-0.15, -0.1) is 5.10 Å². The Balaban J connectivity index is 1.19. The van der Waals surface area contributed by atoms with Gasteiger partial charge in [-0.05, 0) is 66.4 Å². The lowest BCUT2D eigenvalue weighted by atomic mass is 9.93. The van der Waals surface area contributed by atoms with Gasteiger partial charge in [0.25, 0.3) is 5.78 Å². The Morgan fingerprint density at radius 3 is 2.65 bits per heavy atom. The number of fused-ring (bicyclic) bond motifs is 1. The second-order valence-corrected chi connectivity index (χ2v) is 9.01. The maximum absolute atomic E-state index is 6.04. The molecule has 1 aliphatic heterocycles. The van der Waals surface area contributed by atoms with Gasteiger partial charge in [0.05, 0.1) is 6.26 Å². The minimum absolute atomic E-state index is 0.225. The van der Waals surface area contributed by atoms with Gasteiger partial charge in [0.2, 0.25) is 17.7 Å². The molecule has 0 spiro atoms. The molecular weight excluding hydrogens is 410 g/mol. The molecule has 3 N–H and O–H groups in total. The Morgan fingerprint density at radius 1 is 1.06 bits per heavy atom. The van der Waals surface area contributed by atoms with Crippen LogP contribution in [-0.2, 0) is 12.8 Å². The third kappa shape index (κ3) is 4.66. The fraction of sp³-hybridized carbons (Fsp3) is 0.364. The molecule has 1 aliphatic rings. The summed E-state index contributed by atoms with van der Waals surface area (Å²) in [6.45, 7) is 0.702. The molecule has 0 unspecified atom stereocenters. The highest BCUT2D eigenvalue weighted by Crippen LogP contribution is 2.26. The van der Waals surface area contributed by atoms with Gasteiger partial charge in [-0.3, -0.25) is 0 Å². The van der Waals surface area contributed by atoms with E-state index in [-0.39, 0.29) is 5.95 Å². The lowest BCUT2D eigenvalue weighted by molar-refractivity contribution is 0.488. The Labute approximate surface area is 184 Å². The van der Waals surface area contributed by atoms with Gasteiger partial charge in [-0.2, -0.15) is 31.2 Å². The summed E-state index contributed by atoms with van der Waals surface area (Å²) in [5.74, 6) is 5.50. The zero-order chi connectivity index (χ0) is 21.0. The van der Waals surface area contributed by atoms with Crippen LogP contribution in [0.15, 0.2) is 47.1 Å². The number of hydrogen-bond donors (Lipinski definition) is 2. The molecule has 31 heavy (non-hydrogen) atoms. The van der Waals surface area contributed by atoms with Crippen molar-refractivity contribution < 1.29 is 4.42 Å². The van der Waals surface area contributed by atoms with Crippen LogP contribution in [0.1, 0.15) is 24.0 Å². The quantitative estimate of drug-likeness (QED) is 0.452. The van der Waals surface area contributed by atoms with E-state index in [1.54, 1.807) is 18.4 Å². The van der Waals surface area contributed by atoms with Crippen LogP contribution >= 0.6 is 11.8 Å². The Morgan fingerprint density at radius 2 is 1.87 bits per heavy atom. The monoisotopic (exact) mass is 435 g/mol. The van der Waals surface area contributed by atoms with Crippen molar-refractivity contribution in [2.45, 2.75) is 25.7 Å². The van der Waals surface area contributed by atoms with Crippen molar-refractivity contribution in [2.24, 2.45) is 5.92 Å². The van der Waals surface area contributed by atoms with Crippen LogP contribution in [0.25, 0.3) is 17.4 Å². The number of rotatable bonds is 7. The molecule has 160 valence electrons. The highest BCUT2D eigenvalue weighted by Gasteiger charge is 2.15. The van der Waals surface area contributed by atoms with Crippen molar-refractivity contribution in [3.63, 3.8) is 0 Å². The maximum Gasteiger partial charge on any atom is 0.259 e. The standard InChI is InChI=1S/C22H25N7OS/c23-20-26-21(27-22-25-19(28-29(20)22)18-2-1-11-30-18)24-10-7-15-3-5-16(6-4-15)14-17-8-12-31-13-9-17/h1-6,11,17H,7-10,12-14H2,(H3,23,24,25,26,27,28). The van der Waals surface area contributed by atoms with Crippen molar-refractivity contribution in [1.29, 1.82) is 0 Å². The molecule has 3 aromatic heterocycles. The van der Waals surface area contributed by atoms with Crippen LogP contribution in [0, 0.1) is 5.92 Å². The summed E-state index contributed by atoms with van der Waals surface area (Å²) in [5, 5.41) is 7.55. The summed E-state index contributed by atoms with van der Waals surface area (Å²) in [6, 6.07) is 12.6. The van der Waals surface area contributed by atoms with Crippen LogP contribution in [0.5, 0.6) is 0 Å². The number of thioether (sulfide) groups is 1. The first kappa shape index (κ1) is 19.9. The number of furan rings is 1. The molecule has 1 fully saturated rings. The lowest BCUT2D eigenvalue weighted by Gasteiger charge is -2.21. The summed E-state index contributed by atoms with van der Waals surface area (Å²) in [5.41, 5.74) is 8.76. The fourth-order valence-corrected chi connectivity index (χ4v) is 5.04. The second-order valence-electron chi connectivity index (χ2n) is 7.78. The van der Waals surface area contributed by atoms with E-state index in [0.717, 1.165) is 12.3 Å². The van der Waals surface area contributed by atoms with Crippen LogP contribution in [0.4, 0.5) is 11.9 Å². The van der Waals surface area contributed by atoms with Gasteiger partial charge in [0.15, 0.2) is 5.76 Å². The van der Waals surface area contributed by atoms with E-state index in [0.29, 0.717) is 29.9 Å². The highest BCUT2D eigenvalue weighted by molar-refractivity contribution is 7.99. The van der Waals surface area contributed by atoms with E-state index in [1.807, 2.05) is 0 Å². The minimum Gasteiger partial charge on any atom is -0.461 e. The number of nitrogens with two attached hydrogens (primary N) is 1. The van der Waals surface area contributed by atoms with E-state index in [1.165, 1.54) is 46.4 Å². The van der Waals surface area contributed by atoms with Crippen LogP contribution in [0.2, 0.25) is 0 Å². The molecule has 1 saturated heterocycles. The summed E-state index contributed by atoms with van der Waals surface area (Å²) in [7, 11) is 0. The Kier molecular flexibility index (Phi) is 5.75. The number of nitrogens with one attached hydrogen (secondary N) is 1. The highest BCUT2D eigenvalue weighted by atomic mass is 32.2. The summed E-state index contributed by atoms with van der Waals surface area (Å²) in [4.78, 5) is 13.1. The molecule has 8 nitrogen and oxygen atoms in total. The number of hydrogen-bond acceptors (Lipinski definition) is 8. The predicted octanol–water partition coefficient (Wildman–Crippen LogP) is 3.70. The average molecular weight is 436 g/mol. The van der Waals surface area contributed by atoms with Gasteiger partial charge < -0.3 is 15.5 Å². The average Bonchev–Trinajstić information content (AvgIpc) is 3.46. The van der Waals surface area contributed by atoms with Gasteiger partial charge in [0, 0.05) is 6.54 Å². The molecule has 0 atom stereocenters. The topological polar surface area (TPSA) is 107 Å². The van der Waals surface area contributed by atoms with E-state index in [9.17, 15) is 0 Å². The molecular formula is C22H25N7OS. The SMILES string of the molecule is Nc1nc(NCCc2ccc(CC3CCSCC3)cc2)nc2nc(-c3ccco3)nn12. The van der Waals surface area contributed by atoms with Gasteiger partial charge in [-0.25, -0.2) is 0 Å². The van der Waals surface area contributed by atoms with E-state index >= 15 is 0 Å². The molecule has 5 rings (SSSR count). The van der Waals surface area contributed by atoms with Crippen molar-refractivity contribution in [1.82, 2.24) is 24.6 Å². The third-order valence-electron chi connectivity index (χ3n) is 5.56. The summed E-state index contributed by atoms with van der Waals surface area (Å²) >= 11 is 2.08. The van der Waals surface area contributed by atoms with Crippen molar-refractivity contribution in [3.05, 3.63) is 53.8 Å². The predicted molar refractivity (Wildman–Crippen MR) is 123 cm³/mol. The first-order valence-corrected chi connectivity index (χ1v) is 11.7. The van der Waals surface area contributed by atoms with Crippen LogP contribution in [0.3, 0.4) is 0 Å². The second kappa shape index (κ2) is 8.97. The van der Waals surface area contributed by atoms with Gasteiger partial charge in [-0.1, -0.05) is 24.3 Å². The van der Waals surface area contributed by atoms with E-state index in [2.05, 4.69) is 61.4 Å². The van der Waals surface area contributed by atoms with E-state index < -0.39 is 0 Å². The molecule has 0 radical (unpaired) electrons. The zero-order valence-corrected chi connectivity index (χ0v) is 18.0. The number of anilines is 2. The number of benzene rings is 1. The van der Waals surface area contributed by atoms with Gasteiger partial charge in [0.1, 0.15) is 0 Å². The molecule has 0 bridgehead atoms. The lowest BCUT2D eigenvalue weighted by Crippen LogP contribution is -2.13. The van der Waals surface area contributed by atoms with Crippen molar-refractivity contribution in [3.8, 4) is 11.6 Å². The summed E-state index contributed by atoms with van der Waals surface area (Å²) in [6.07, 6.45) is 6.34. The Bertz CT molecular complexity index is 1130. The molecule has 1 aromatic carbocycles. The number of nitrogens with zero attached hydrogens (tertiary/aromatic N) is 5. The van der Waals surface area contributed by atoms with Crippen molar-refractivity contribution >= 4 is 29.4 Å². The molecule has 0 saturated carbocycles. The number of aromatic nitrogens is 5. The fourth-order valence-electron chi connectivity index (χ4n) is 3.84. The third-order valence-corrected chi connectivity index (χ3v) is 6.61. The van der Waals surface area contributed by atoms with Gasteiger partial charge >= 0.3 is 0 Å². The Hall–Kier alpha value is -3.07.